The highest BCUT2D eigenvalue weighted by atomic mass is 15.2. The first-order valence-corrected chi connectivity index (χ1v) is 8.65. The Kier molecular flexibility index (Phi) is 5.50. The quantitative estimate of drug-likeness (QED) is 0.553. The lowest BCUT2D eigenvalue weighted by molar-refractivity contribution is 0.690. The van der Waals surface area contributed by atoms with Crippen LogP contribution in [0.5, 0.6) is 0 Å². The van der Waals surface area contributed by atoms with E-state index in [0.29, 0.717) is 12.1 Å². The Bertz CT molecular complexity index is 947. The van der Waals surface area contributed by atoms with Crippen molar-refractivity contribution in [2.24, 2.45) is 4.99 Å². The van der Waals surface area contributed by atoms with Gasteiger partial charge >= 0.3 is 0 Å². The largest absolute Gasteiger partial charge is 0.352 e. The molecule has 130 valence electrons. The zero-order chi connectivity index (χ0) is 18.4. The molecule has 0 spiro atoms. The summed E-state index contributed by atoms with van der Waals surface area (Å²) < 4.78 is 0. The third-order valence-corrected chi connectivity index (χ3v) is 4.41. The van der Waals surface area contributed by atoms with Gasteiger partial charge in [0, 0.05) is 13.6 Å². The summed E-state index contributed by atoms with van der Waals surface area (Å²) in [5, 5.41) is 18.1. The SMILES string of the molecule is CN=C(NCc1ccc(C#N)cc1)NC(C)c1cccc2ccccc12. The molecular formula is C22H22N4. The van der Waals surface area contributed by atoms with Crippen molar-refractivity contribution in [3.63, 3.8) is 0 Å². The van der Waals surface area contributed by atoms with Crippen molar-refractivity contribution in [3.05, 3.63) is 83.4 Å². The summed E-state index contributed by atoms with van der Waals surface area (Å²) in [4.78, 5) is 4.32. The molecule has 1 unspecified atom stereocenters. The monoisotopic (exact) mass is 342 g/mol. The van der Waals surface area contributed by atoms with Crippen LogP contribution in [0, 0.1) is 11.3 Å². The Morgan fingerprint density at radius 1 is 1.04 bits per heavy atom. The fourth-order valence-electron chi connectivity index (χ4n) is 2.99. The van der Waals surface area contributed by atoms with Crippen molar-refractivity contribution in [2.45, 2.75) is 19.5 Å². The summed E-state index contributed by atoms with van der Waals surface area (Å²) in [5.74, 6) is 0.745. The third kappa shape index (κ3) is 4.01. The van der Waals surface area contributed by atoms with E-state index in [4.69, 9.17) is 5.26 Å². The van der Waals surface area contributed by atoms with E-state index in [0.717, 1.165) is 11.5 Å². The minimum atomic E-state index is 0.119. The van der Waals surface area contributed by atoms with Gasteiger partial charge in [-0.05, 0) is 41.0 Å². The Labute approximate surface area is 154 Å². The van der Waals surface area contributed by atoms with Crippen LogP contribution in [-0.4, -0.2) is 13.0 Å². The van der Waals surface area contributed by atoms with Crippen LogP contribution in [-0.2, 0) is 6.54 Å². The van der Waals surface area contributed by atoms with Crippen LogP contribution in [0.4, 0.5) is 0 Å². The summed E-state index contributed by atoms with van der Waals surface area (Å²) >= 11 is 0. The van der Waals surface area contributed by atoms with Crippen molar-refractivity contribution in [1.82, 2.24) is 10.6 Å². The van der Waals surface area contributed by atoms with Crippen molar-refractivity contribution in [2.75, 3.05) is 7.05 Å². The molecule has 0 fully saturated rings. The number of benzene rings is 3. The summed E-state index contributed by atoms with van der Waals surface area (Å²) in [7, 11) is 1.77. The van der Waals surface area contributed by atoms with Gasteiger partial charge < -0.3 is 10.6 Å². The van der Waals surface area contributed by atoms with E-state index in [1.54, 1.807) is 7.05 Å². The van der Waals surface area contributed by atoms with Gasteiger partial charge in [-0.2, -0.15) is 5.26 Å². The van der Waals surface area contributed by atoms with Gasteiger partial charge in [-0.15, -0.1) is 0 Å². The molecule has 0 bridgehead atoms. The zero-order valence-corrected chi connectivity index (χ0v) is 15.0. The number of guanidine groups is 1. The maximum absolute atomic E-state index is 8.87. The molecule has 0 aliphatic heterocycles. The second-order valence-electron chi connectivity index (χ2n) is 6.17. The summed E-state index contributed by atoms with van der Waals surface area (Å²) in [6.07, 6.45) is 0. The molecule has 26 heavy (non-hydrogen) atoms. The first-order chi connectivity index (χ1) is 12.7. The lowest BCUT2D eigenvalue weighted by atomic mass is 10.00. The number of nitrogens with zero attached hydrogens (tertiary/aromatic N) is 2. The second-order valence-corrected chi connectivity index (χ2v) is 6.17. The number of nitriles is 1. The van der Waals surface area contributed by atoms with Crippen LogP contribution >= 0.6 is 0 Å². The van der Waals surface area contributed by atoms with E-state index in [2.05, 4.69) is 71.1 Å². The molecule has 3 aromatic carbocycles. The minimum Gasteiger partial charge on any atom is -0.352 e. The van der Waals surface area contributed by atoms with Gasteiger partial charge in [-0.25, -0.2) is 0 Å². The standard InChI is InChI=1S/C22H22N4/c1-16(20-9-5-7-19-6-3-4-8-21(19)20)26-22(24-2)25-15-18-12-10-17(14-23)11-13-18/h3-13,16H,15H2,1-2H3,(H2,24,25,26). The molecule has 0 saturated carbocycles. The van der Waals surface area contributed by atoms with E-state index in [-0.39, 0.29) is 6.04 Å². The highest BCUT2D eigenvalue weighted by Crippen LogP contribution is 2.23. The van der Waals surface area contributed by atoms with E-state index in [1.807, 2.05) is 24.3 Å². The van der Waals surface area contributed by atoms with Gasteiger partial charge in [0.25, 0.3) is 0 Å². The molecule has 0 radical (unpaired) electrons. The van der Waals surface area contributed by atoms with Crippen molar-refractivity contribution >= 4 is 16.7 Å². The van der Waals surface area contributed by atoms with Crippen LogP contribution < -0.4 is 10.6 Å². The first kappa shape index (κ1) is 17.5. The van der Waals surface area contributed by atoms with E-state index in [9.17, 15) is 0 Å². The van der Waals surface area contributed by atoms with Gasteiger partial charge in [0.2, 0.25) is 0 Å². The molecule has 0 aliphatic carbocycles. The van der Waals surface area contributed by atoms with Crippen LogP contribution in [0.3, 0.4) is 0 Å². The molecule has 4 nitrogen and oxygen atoms in total. The molecule has 2 N–H and O–H groups in total. The predicted octanol–water partition coefficient (Wildman–Crippen LogP) is 4.14. The first-order valence-electron chi connectivity index (χ1n) is 8.65. The molecule has 0 heterocycles. The Balaban J connectivity index is 1.68. The second kappa shape index (κ2) is 8.17. The van der Waals surface area contributed by atoms with Gasteiger partial charge in [-0.3, -0.25) is 4.99 Å². The summed E-state index contributed by atoms with van der Waals surface area (Å²) in [6, 6.07) is 24.6. The van der Waals surface area contributed by atoms with Crippen LogP contribution in [0.25, 0.3) is 10.8 Å². The maximum atomic E-state index is 8.87. The zero-order valence-electron chi connectivity index (χ0n) is 15.0. The highest BCUT2D eigenvalue weighted by molar-refractivity contribution is 5.87. The lowest BCUT2D eigenvalue weighted by Gasteiger charge is -2.20. The molecule has 0 saturated heterocycles. The molecule has 0 amide bonds. The van der Waals surface area contributed by atoms with Crippen molar-refractivity contribution in [1.29, 1.82) is 5.26 Å². The number of rotatable bonds is 4. The van der Waals surface area contributed by atoms with E-state index < -0.39 is 0 Å². The molecule has 0 aromatic heterocycles. The number of nitrogens with one attached hydrogen (secondary N) is 2. The molecule has 3 rings (SSSR count). The molecule has 3 aromatic rings. The minimum absolute atomic E-state index is 0.119. The van der Waals surface area contributed by atoms with Gasteiger partial charge in [0.05, 0.1) is 17.7 Å². The van der Waals surface area contributed by atoms with Crippen LogP contribution in [0.15, 0.2) is 71.7 Å². The third-order valence-electron chi connectivity index (χ3n) is 4.41. The Hall–Kier alpha value is -3.32. The average molecular weight is 342 g/mol. The molecule has 4 heteroatoms. The average Bonchev–Trinajstić information content (AvgIpc) is 2.70. The fourth-order valence-corrected chi connectivity index (χ4v) is 2.99. The summed E-state index contributed by atoms with van der Waals surface area (Å²) in [5.41, 5.74) is 3.01. The van der Waals surface area contributed by atoms with Crippen molar-refractivity contribution < 1.29 is 0 Å². The van der Waals surface area contributed by atoms with Gasteiger partial charge in [0.1, 0.15) is 0 Å². The maximum Gasteiger partial charge on any atom is 0.191 e. The Morgan fingerprint density at radius 3 is 2.50 bits per heavy atom. The fraction of sp³-hybridized carbons (Fsp3) is 0.182. The molecule has 1 atom stereocenters. The van der Waals surface area contributed by atoms with Crippen LogP contribution in [0.2, 0.25) is 0 Å². The topological polar surface area (TPSA) is 60.2 Å². The molecular weight excluding hydrogens is 320 g/mol. The van der Waals surface area contributed by atoms with Crippen LogP contribution in [0.1, 0.15) is 29.7 Å². The summed E-state index contributed by atoms with van der Waals surface area (Å²) in [6.45, 7) is 2.78. The lowest BCUT2D eigenvalue weighted by Crippen LogP contribution is -2.38. The van der Waals surface area contributed by atoms with E-state index >= 15 is 0 Å². The number of hydrogen-bond donors (Lipinski definition) is 2. The molecule has 0 aliphatic rings. The van der Waals surface area contributed by atoms with E-state index in [1.165, 1.54) is 16.3 Å². The normalized spacial score (nSPS) is 12.4. The Morgan fingerprint density at radius 2 is 1.77 bits per heavy atom. The number of aliphatic imine (C=N–C) groups is 1. The van der Waals surface area contributed by atoms with Crippen molar-refractivity contribution in [3.8, 4) is 6.07 Å². The smallest absolute Gasteiger partial charge is 0.191 e. The number of hydrogen-bond acceptors (Lipinski definition) is 2. The number of fused-ring (bicyclic) bond motifs is 1. The predicted molar refractivity (Wildman–Crippen MR) is 107 cm³/mol. The van der Waals surface area contributed by atoms with Gasteiger partial charge in [-0.1, -0.05) is 54.6 Å². The highest BCUT2D eigenvalue weighted by Gasteiger charge is 2.10. The van der Waals surface area contributed by atoms with Gasteiger partial charge in [0.15, 0.2) is 5.96 Å².